The smallest absolute Gasteiger partial charge is 0.191 e. The Morgan fingerprint density at radius 3 is 2.24 bits per heavy atom. The molecule has 0 aliphatic carbocycles. The summed E-state index contributed by atoms with van der Waals surface area (Å²) in [6, 6.07) is 11.9. The molecule has 0 fully saturated rings. The number of phenolic OH excluding ortho intramolecular Hbond substituents is 1. The molecule has 2 aromatic rings. The van der Waals surface area contributed by atoms with E-state index in [1.807, 2.05) is 57.2 Å². The van der Waals surface area contributed by atoms with Crippen LogP contribution in [0.15, 0.2) is 41.4 Å². The van der Waals surface area contributed by atoms with Crippen LogP contribution in [0.5, 0.6) is 11.5 Å². The van der Waals surface area contributed by atoms with Gasteiger partial charge in [0.15, 0.2) is 5.96 Å². The van der Waals surface area contributed by atoms with Gasteiger partial charge in [-0.05, 0) is 55.2 Å². The van der Waals surface area contributed by atoms with Crippen LogP contribution < -0.4 is 15.4 Å². The third-order valence-corrected chi connectivity index (χ3v) is 3.93. The number of ether oxygens (including phenoxy) is 1. The van der Waals surface area contributed by atoms with Crippen molar-refractivity contribution < 1.29 is 9.84 Å². The van der Waals surface area contributed by atoms with Crippen molar-refractivity contribution in [1.82, 2.24) is 10.6 Å². The Morgan fingerprint density at radius 1 is 1.04 bits per heavy atom. The number of aliphatic imine (C=N–C) groups is 1. The van der Waals surface area contributed by atoms with Gasteiger partial charge >= 0.3 is 0 Å². The molecule has 0 heterocycles. The van der Waals surface area contributed by atoms with Crippen LogP contribution in [0, 0.1) is 13.8 Å². The van der Waals surface area contributed by atoms with E-state index in [0.29, 0.717) is 18.8 Å². The van der Waals surface area contributed by atoms with E-state index in [2.05, 4.69) is 15.6 Å². The second kappa shape index (κ2) is 8.97. The van der Waals surface area contributed by atoms with Crippen LogP contribution in [0.25, 0.3) is 0 Å². The van der Waals surface area contributed by atoms with Crippen molar-refractivity contribution in [3.63, 3.8) is 0 Å². The molecule has 0 atom stereocenters. The summed E-state index contributed by atoms with van der Waals surface area (Å²) in [6.07, 6.45) is 0. The van der Waals surface area contributed by atoms with E-state index in [-0.39, 0.29) is 0 Å². The number of hydrogen-bond donors (Lipinski definition) is 3. The van der Waals surface area contributed by atoms with Crippen LogP contribution in [-0.4, -0.2) is 24.7 Å². The second-order valence-electron chi connectivity index (χ2n) is 5.98. The summed E-state index contributed by atoms with van der Waals surface area (Å²) >= 11 is 0. The Labute approximate surface area is 149 Å². The van der Waals surface area contributed by atoms with Crippen molar-refractivity contribution in [2.75, 3.05) is 13.7 Å². The first-order valence-corrected chi connectivity index (χ1v) is 8.47. The predicted octanol–water partition coefficient (Wildman–Crippen LogP) is 3.27. The number of aromatic hydroxyl groups is 1. The largest absolute Gasteiger partial charge is 0.507 e. The number of aryl methyl sites for hydroxylation is 2. The molecule has 3 N–H and O–H groups in total. The van der Waals surface area contributed by atoms with E-state index in [1.54, 1.807) is 7.11 Å². The zero-order chi connectivity index (χ0) is 18.2. The quantitative estimate of drug-likeness (QED) is 0.557. The minimum atomic E-state index is 0.359. The average molecular weight is 341 g/mol. The van der Waals surface area contributed by atoms with Crippen molar-refractivity contribution in [3.05, 3.63) is 58.7 Å². The summed E-state index contributed by atoms with van der Waals surface area (Å²) in [7, 11) is 1.66. The SMILES string of the molecule is CCNC(=NCc1cc(C)c(O)c(C)c1)NCc1ccc(OC)cc1. The molecule has 25 heavy (non-hydrogen) atoms. The molecule has 2 aromatic carbocycles. The Hall–Kier alpha value is -2.69. The molecule has 0 saturated heterocycles. The van der Waals surface area contributed by atoms with Crippen LogP contribution in [-0.2, 0) is 13.1 Å². The monoisotopic (exact) mass is 341 g/mol. The standard InChI is InChI=1S/C20H27N3O2/c1-5-21-20(22-12-16-6-8-18(25-4)9-7-16)23-13-17-10-14(2)19(24)15(3)11-17/h6-11,24H,5,12-13H2,1-4H3,(H2,21,22,23). The second-order valence-corrected chi connectivity index (χ2v) is 5.98. The Morgan fingerprint density at radius 2 is 1.68 bits per heavy atom. The van der Waals surface area contributed by atoms with Crippen molar-refractivity contribution in [2.45, 2.75) is 33.9 Å². The van der Waals surface area contributed by atoms with Crippen molar-refractivity contribution >= 4 is 5.96 Å². The number of guanidine groups is 1. The molecular formula is C20H27N3O2. The lowest BCUT2D eigenvalue weighted by atomic mass is 10.1. The highest BCUT2D eigenvalue weighted by Gasteiger charge is 2.04. The number of nitrogens with one attached hydrogen (secondary N) is 2. The van der Waals surface area contributed by atoms with Gasteiger partial charge in [0.2, 0.25) is 0 Å². The maximum absolute atomic E-state index is 9.87. The predicted molar refractivity (Wildman–Crippen MR) is 102 cm³/mol. The average Bonchev–Trinajstić information content (AvgIpc) is 2.62. The van der Waals surface area contributed by atoms with Gasteiger partial charge in [0.25, 0.3) is 0 Å². The molecule has 0 unspecified atom stereocenters. The highest BCUT2D eigenvalue weighted by molar-refractivity contribution is 5.79. The van der Waals surface area contributed by atoms with E-state index < -0.39 is 0 Å². The normalized spacial score (nSPS) is 11.3. The van der Waals surface area contributed by atoms with Gasteiger partial charge < -0.3 is 20.5 Å². The summed E-state index contributed by atoms with van der Waals surface area (Å²) in [5.41, 5.74) is 3.99. The molecule has 0 bridgehead atoms. The van der Waals surface area contributed by atoms with Crippen molar-refractivity contribution in [2.24, 2.45) is 4.99 Å². The summed E-state index contributed by atoms with van der Waals surface area (Å²) in [5.74, 6) is 1.97. The first-order valence-electron chi connectivity index (χ1n) is 8.47. The highest BCUT2D eigenvalue weighted by atomic mass is 16.5. The molecule has 0 spiro atoms. The van der Waals surface area contributed by atoms with E-state index in [4.69, 9.17) is 4.74 Å². The first-order chi connectivity index (χ1) is 12.0. The molecule has 0 aromatic heterocycles. The zero-order valence-electron chi connectivity index (χ0n) is 15.4. The number of hydrogen-bond acceptors (Lipinski definition) is 3. The van der Waals surface area contributed by atoms with Gasteiger partial charge in [-0.2, -0.15) is 0 Å². The fourth-order valence-electron chi connectivity index (χ4n) is 2.58. The van der Waals surface area contributed by atoms with Crippen molar-refractivity contribution in [1.29, 1.82) is 0 Å². The number of benzene rings is 2. The fourth-order valence-corrected chi connectivity index (χ4v) is 2.58. The van der Waals surface area contributed by atoms with Crippen molar-refractivity contribution in [3.8, 4) is 11.5 Å². The lowest BCUT2D eigenvalue weighted by Gasteiger charge is -2.12. The van der Waals surface area contributed by atoms with Crippen LogP contribution in [0.2, 0.25) is 0 Å². The molecule has 5 heteroatoms. The van der Waals surface area contributed by atoms with Gasteiger partial charge in [-0.15, -0.1) is 0 Å². The lowest BCUT2D eigenvalue weighted by Crippen LogP contribution is -2.36. The molecular weight excluding hydrogens is 314 g/mol. The van der Waals surface area contributed by atoms with E-state index in [0.717, 1.165) is 40.5 Å². The molecule has 0 radical (unpaired) electrons. The van der Waals surface area contributed by atoms with Gasteiger partial charge in [0.05, 0.1) is 13.7 Å². The highest BCUT2D eigenvalue weighted by Crippen LogP contribution is 2.23. The van der Waals surface area contributed by atoms with Crippen LogP contribution in [0.3, 0.4) is 0 Å². The number of rotatable bonds is 6. The number of phenols is 1. The Kier molecular flexibility index (Phi) is 6.69. The van der Waals surface area contributed by atoms with Gasteiger partial charge in [-0.1, -0.05) is 24.3 Å². The lowest BCUT2D eigenvalue weighted by molar-refractivity contribution is 0.414. The first kappa shape index (κ1) is 18.6. The summed E-state index contributed by atoms with van der Waals surface area (Å²) in [4.78, 5) is 4.63. The zero-order valence-corrected chi connectivity index (χ0v) is 15.4. The fraction of sp³-hybridized carbons (Fsp3) is 0.350. The van der Waals surface area contributed by atoms with Crippen LogP contribution in [0.4, 0.5) is 0 Å². The van der Waals surface area contributed by atoms with Gasteiger partial charge in [0.1, 0.15) is 11.5 Å². The maximum Gasteiger partial charge on any atom is 0.191 e. The van der Waals surface area contributed by atoms with Gasteiger partial charge in [-0.25, -0.2) is 4.99 Å². The van der Waals surface area contributed by atoms with E-state index in [1.165, 1.54) is 0 Å². The molecule has 0 aliphatic rings. The molecule has 2 rings (SSSR count). The number of methoxy groups -OCH3 is 1. The summed E-state index contributed by atoms with van der Waals surface area (Å²) < 4.78 is 5.17. The maximum atomic E-state index is 9.87. The number of nitrogens with zero attached hydrogens (tertiary/aromatic N) is 1. The molecule has 0 amide bonds. The minimum Gasteiger partial charge on any atom is -0.507 e. The molecule has 5 nitrogen and oxygen atoms in total. The van der Waals surface area contributed by atoms with Crippen LogP contribution in [0.1, 0.15) is 29.2 Å². The molecule has 0 saturated carbocycles. The topological polar surface area (TPSA) is 65.9 Å². The Balaban J connectivity index is 2.02. The minimum absolute atomic E-state index is 0.359. The van der Waals surface area contributed by atoms with E-state index in [9.17, 15) is 5.11 Å². The summed E-state index contributed by atoms with van der Waals surface area (Å²) in [5, 5.41) is 16.5. The summed E-state index contributed by atoms with van der Waals surface area (Å²) in [6.45, 7) is 7.89. The van der Waals surface area contributed by atoms with Gasteiger partial charge in [-0.3, -0.25) is 0 Å². The third kappa shape index (κ3) is 5.41. The molecule has 0 aliphatic heterocycles. The molecule has 134 valence electrons. The van der Waals surface area contributed by atoms with Gasteiger partial charge in [0, 0.05) is 13.1 Å². The Bertz CT molecular complexity index is 701. The van der Waals surface area contributed by atoms with Crippen LogP contribution >= 0.6 is 0 Å². The third-order valence-electron chi connectivity index (χ3n) is 3.93. The van der Waals surface area contributed by atoms with E-state index >= 15 is 0 Å².